The van der Waals surface area contributed by atoms with Gasteiger partial charge in [0.2, 0.25) is 5.78 Å². The summed E-state index contributed by atoms with van der Waals surface area (Å²) in [4.78, 5) is 15.5. The minimum atomic E-state index is -0.408. The lowest BCUT2D eigenvalue weighted by Gasteiger charge is -2.00. The van der Waals surface area contributed by atoms with Crippen LogP contribution in [-0.4, -0.2) is 22.2 Å². The van der Waals surface area contributed by atoms with E-state index in [1.165, 1.54) is 0 Å². The van der Waals surface area contributed by atoms with E-state index in [4.69, 9.17) is 5.21 Å². The number of oxime groups is 1. The lowest BCUT2D eigenvalue weighted by atomic mass is 10.1. The summed E-state index contributed by atoms with van der Waals surface area (Å²) in [6, 6.07) is 9.24. The number of rotatable bonds is 2. The Morgan fingerprint density at radius 3 is 2.93 bits per heavy atom. The summed E-state index contributed by atoms with van der Waals surface area (Å²) in [7, 11) is 0. The van der Waals surface area contributed by atoms with Crippen LogP contribution in [0.3, 0.4) is 0 Å². The minimum absolute atomic E-state index is 0.297. The SMILES string of the molecule is O=C(/C=N/O)c1nccc2ccccc12. The Balaban J connectivity index is 2.65. The normalized spacial score (nSPS) is 10.9. The molecule has 0 fully saturated rings. The number of carbonyl (C=O) groups is 1. The van der Waals surface area contributed by atoms with Crippen LogP contribution in [0.1, 0.15) is 10.5 Å². The van der Waals surface area contributed by atoms with E-state index in [1.54, 1.807) is 12.3 Å². The largest absolute Gasteiger partial charge is 0.411 e. The van der Waals surface area contributed by atoms with Crippen LogP contribution in [0.4, 0.5) is 0 Å². The van der Waals surface area contributed by atoms with Gasteiger partial charge in [-0.25, -0.2) is 0 Å². The summed E-state index contributed by atoms with van der Waals surface area (Å²) in [5.41, 5.74) is 0.297. The van der Waals surface area contributed by atoms with Crippen molar-refractivity contribution in [3.63, 3.8) is 0 Å². The summed E-state index contributed by atoms with van der Waals surface area (Å²) in [6.07, 6.45) is 2.40. The lowest BCUT2D eigenvalue weighted by Crippen LogP contribution is -2.03. The van der Waals surface area contributed by atoms with Crippen LogP contribution in [0.5, 0.6) is 0 Å². The average molecular weight is 200 g/mol. The van der Waals surface area contributed by atoms with Crippen molar-refractivity contribution >= 4 is 22.8 Å². The smallest absolute Gasteiger partial charge is 0.226 e. The quantitative estimate of drug-likeness (QED) is 0.348. The first-order chi connectivity index (χ1) is 7.33. The molecule has 0 unspecified atom stereocenters. The maximum Gasteiger partial charge on any atom is 0.226 e. The Bertz CT molecular complexity index is 530. The van der Waals surface area contributed by atoms with Crippen LogP contribution in [0.2, 0.25) is 0 Å². The van der Waals surface area contributed by atoms with Gasteiger partial charge in [-0.1, -0.05) is 29.4 Å². The number of hydrogen-bond donors (Lipinski definition) is 1. The fraction of sp³-hybridized carbons (Fsp3) is 0. The minimum Gasteiger partial charge on any atom is -0.411 e. The second kappa shape index (κ2) is 3.88. The maximum atomic E-state index is 11.5. The van der Waals surface area contributed by atoms with Gasteiger partial charge in [0.1, 0.15) is 11.9 Å². The highest BCUT2D eigenvalue weighted by Gasteiger charge is 2.08. The predicted octanol–water partition coefficient (Wildman–Crippen LogP) is 1.88. The molecular weight excluding hydrogens is 192 g/mol. The van der Waals surface area contributed by atoms with Gasteiger partial charge in [0, 0.05) is 11.6 Å². The van der Waals surface area contributed by atoms with Gasteiger partial charge in [-0.2, -0.15) is 0 Å². The first kappa shape index (κ1) is 9.33. The fourth-order valence-electron chi connectivity index (χ4n) is 1.43. The van der Waals surface area contributed by atoms with Crippen molar-refractivity contribution in [1.29, 1.82) is 0 Å². The van der Waals surface area contributed by atoms with Crippen molar-refractivity contribution in [1.82, 2.24) is 4.98 Å². The number of nitrogens with zero attached hydrogens (tertiary/aromatic N) is 2. The third kappa shape index (κ3) is 1.69. The molecule has 74 valence electrons. The molecule has 4 heteroatoms. The molecule has 0 bridgehead atoms. The van der Waals surface area contributed by atoms with Crippen molar-refractivity contribution in [3.8, 4) is 0 Å². The number of fused-ring (bicyclic) bond motifs is 1. The molecule has 0 aliphatic rings. The van der Waals surface area contributed by atoms with Crippen molar-refractivity contribution in [2.24, 2.45) is 5.16 Å². The van der Waals surface area contributed by atoms with Gasteiger partial charge < -0.3 is 5.21 Å². The molecule has 0 aliphatic carbocycles. The number of Topliss-reactive ketones (excluding diaryl/α,β-unsaturated/α-hetero) is 1. The van der Waals surface area contributed by atoms with Crippen molar-refractivity contribution in [2.45, 2.75) is 0 Å². The molecule has 0 aliphatic heterocycles. The number of ketones is 1. The molecule has 0 atom stereocenters. The zero-order valence-electron chi connectivity index (χ0n) is 7.79. The number of benzene rings is 1. The predicted molar refractivity (Wildman–Crippen MR) is 56.4 cm³/mol. The first-order valence-electron chi connectivity index (χ1n) is 4.38. The molecule has 0 spiro atoms. The van der Waals surface area contributed by atoms with Crippen LogP contribution in [0.25, 0.3) is 10.8 Å². The molecule has 2 rings (SSSR count). The molecule has 4 nitrogen and oxygen atoms in total. The molecule has 0 saturated heterocycles. The summed E-state index contributed by atoms with van der Waals surface area (Å²) < 4.78 is 0. The summed E-state index contributed by atoms with van der Waals surface area (Å²) >= 11 is 0. The molecule has 0 amide bonds. The molecule has 15 heavy (non-hydrogen) atoms. The second-order valence-electron chi connectivity index (χ2n) is 2.99. The van der Waals surface area contributed by atoms with Gasteiger partial charge in [-0.3, -0.25) is 9.78 Å². The molecule has 1 aromatic heterocycles. The van der Waals surface area contributed by atoms with Crippen molar-refractivity contribution in [2.75, 3.05) is 0 Å². The Morgan fingerprint density at radius 2 is 2.13 bits per heavy atom. The summed E-state index contributed by atoms with van der Waals surface area (Å²) in [5, 5.41) is 12.7. The van der Waals surface area contributed by atoms with E-state index in [0.29, 0.717) is 5.69 Å². The van der Waals surface area contributed by atoms with Gasteiger partial charge in [-0.05, 0) is 11.5 Å². The zero-order valence-corrected chi connectivity index (χ0v) is 7.79. The standard InChI is InChI=1S/C11H8N2O2/c14-10(7-13-15)11-9-4-2-1-3-8(9)5-6-12-11/h1-7,15H/b13-7+. The molecule has 0 saturated carbocycles. The second-order valence-corrected chi connectivity index (χ2v) is 2.99. The third-order valence-corrected chi connectivity index (χ3v) is 2.08. The molecular formula is C11H8N2O2. The Hall–Kier alpha value is -2.23. The van der Waals surface area contributed by atoms with Gasteiger partial charge in [0.05, 0.1) is 0 Å². The van der Waals surface area contributed by atoms with Crippen LogP contribution < -0.4 is 0 Å². The van der Waals surface area contributed by atoms with E-state index in [-0.39, 0.29) is 0 Å². The van der Waals surface area contributed by atoms with E-state index in [1.807, 2.05) is 24.3 Å². The molecule has 2 aromatic rings. The van der Waals surface area contributed by atoms with Crippen molar-refractivity contribution < 1.29 is 10.0 Å². The fourth-order valence-corrected chi connectivity index (χ4v) is 1.43. The topological polar surface area (TPSA) is 62.5 Å². The number of aromatic nitrogens is 1. The lowest BCUT2D eigenvalue weighted by molar-refractivity contribution is 0.106. The van der Waals surface area contributed by atoms with Crippen molar-refractivity contribution in [3.05, 3.63) is 42.2 Å². The van der Waals surface area contributed by atoms with E-state index in [0.717, 1.165) is 17.0 Å². The van der Waals surface area contributed by atoms with E-state index >= 15 is 0 Å². The number of carbonyl (C=O) groups excluding carboxylic acids is 1. The third-order valence-electron chi connectivity index (χ3n) is 2.08. The van der Waals surface area contributed by atoms with Crippen LogP contribution in [-0.2, 0) is 0 Å². The Kier molecular flexibility index (Phi) is 2.41. The van der Waals surface area contributed by atoms with Crippen LogP contribution in [0, 0.1) is 0 Å². The Morgan fingerprint density at radius 1 is 1.33 bits per heavy atom. The van der Waals surface area contributed by atoms with Gasteiger partial charge in [0.25, 0.3) is 0 Å². The van der Waals surface area contributed by atoms with Gasteiger partial charge in [0.15, 0.2) is 0 Å². The van der Waals surface area contributed by atoms with E-state index < -0.39 is 5.78 Å². The highest BCUT2D eigenvalue weighted by molar-refractivity contribution is 6.37. The van der Waals surface area contributed by atoms with Crippen LogP contribution >= 0.6 is 0 Å². The molecule has 1 aromatic carbocycles. The van der Waals surface area contributed by atoms with Gasteiger partial charge in [-0.15, -0.1) is 0 Å². The Labute approximate surface area is 85.9 Å². The van der Waals surface area contributed by atoms with Crippen LogP contribution in [0.15, 0.2) is 41.7 Å². The first-order valence-corrected chi connectivity index (χ1v) is 4.38. The maximum absolute atomic E-state index is 11.5. The van der Waals surface area contributed by atoms with Gasteiger partial charge >= 0.3 is 0 Å². The zero-order chi connectivity index (χ0) is 10.7. The highest BCUT2D eigenvalue weighted by atomic mass is 16.4. The molecule has 1 N–H and O–H groups in total. The number of hydrogen-bond acceptors (Lipinski definition) is 4. The summed E-state index contributed by atoms with van der Waals surface area (Å²) in [5.74, 6) is -0.408. The molecule has 1 heterocycles. The molecule has 0 radical (unpaired) electrons. The highest BCUT2D eigenvalue weighted by Crippen LogP contribution is 2.15. The summed E-state index contributed by atoms with van der Waals surface area (Å²) in [6.45, 7) is 0. The van der Waals surface area contributed by atoms with E-state index in [9.17, 15) is 4.79 Å². The monoisotopic (exact) mass is 200 g/mol. The number of pyridine rings is 1. The average Bonchev–Trinajstić information content (AvgIpc) is 2.28. The van der Waals surface area contributed by atoms with E-state index in [2.05, 4.69) is 10.1 Å².